The van der Waals surface area contributed by atoms with Crippen molar-refractivity contribution in [3.63, 3.8) is 0 Å². The van der Waals surface area contributed by atoms with Gasteiger partial charge in [0.2, 0.25) is 0 Å². The van der Waals surface area contributed by atoms with Crippen LogP contribution in [0.1, 0.15) is 5.69 Å². The molecule has 2 heterocycles. The maximum atomic E-state index is 9.38. The Hall–Kier alpha value is -1.43. The number of ether oxygens (including phenoxy) is 2. The van der Waals surface area contributed by atoms with E-state index in [0.29, 0.717) is 19.8 Å². The molecule has 0 radical (unpaired) electrons. The van der Waals surface area contributed by atoms with Gasteiger partial charge in [0, 0.05) is 16.6 Å². The second-order valence-electron chi connectivity index (χ2n) is 5.26. The highest BCUT2D eigenvalue weighted by atomic mass is 32.1. The Balaban J connectivity index is 1.71. The predicted octanol–water partition coefficient (Wildman–Crippen LogP) is 2.51. The molecular formula is C15H17NO3S. The van der Waals surface area contributed by atoms with Crippen LogP contribution in [0.25, 0.3) is 10.6 Å². The number of rotatable bonds is 5. The van der Waals surface area contributed by atoms with Crippen LogP contribution in [0.15, 0.2) is 29.6 Å². The molecule has 106 valence electrons. The summed E-state index contributed by atoms with van der Waals surface area (Å²) in [4.78, 5) is 4.48. The molecule has 1 aliphatic rings. The number of hydrogen-bond donors (Lipinski definition) is 1. The summed E-state index contributed by atoms with van der Waals surface area (Å²) in [6, 6.07) is 7.90. The van der Waals surface area contributed by atoms with Crippen molar-refractivity contribution in [3.8, 4) is 16.3 Å². The first-order valence-corrected chi connectivity index (χ1v) is 7.43. The monoisotopic (exact) mass is 291 g/mol. The molecule has 0 saturated carbocycles. The van der Waals surface area contributed by atoms with E-state index in [2.05, 4.69) is 4.98 Å². The minimum absolute atomic E-state index is 0.0956. The molecule has 1 fully saturated rings. The number of benzene rings is 1. The van der Waals surface area contributed by atoms with Crippen molar-refractivity contribution < 1.29 is 14.6 Å². The Morgan fingerprint density at radius 3 is 2.90 bits per heavy atom. The fourth-order valence-electron chi connectivity index (χ4n) is 2.05. The molecule has 0 spiro atoms. The van der Waals surface area contributed by atoms with Gasteiger partial charge in [-0.15, -0.1) is 11.3 Å². The van der Waals surface area contributed by atoms with Crippen molar-refractivity contribution in [3.05, 3.63) is 35.3 Å². The molecule has 1 aliphatic heterocycles. The van der Waals surface area contributed by atoms with Crippen molar-refractivity contribution >= 4 is 11.3 Å². The van der Waals surface area contributed by atoms with Crippen LogP contribution in [0.3, 0.4) is 0 Å². The Morgan fingerprint density at radius 1 is 1.45 bits per heavy atom. The predicted molar refractivity (Wildman–Crippen MR) is 78.1 cm³/mol. The molecule has 3 rings (SSSR count). The van der Waals surface area contributed by atoms with Crippen molar-refractivity contribution in [2.75, 3.05) is 26.4 Å². The smallest absolute Gasteiger partial charge is 0.123 e. The van der Waals surface area contributed by atoms with Crippen LogP contribution in [0.5, 0.6) is 5.75 Å². The molecule has 4 nitrogen and oxygen atoms in total. The topological polar surface area (TPSA) is 51.6 Å². The summed E-state index contributed by atoms with van der Waals surface area (Å²) < 4.78 is 11.0. The minimum Gasteiger partial charge on any atom is -0.493 e. The highest BCUT2D eigenvalue weighted by molar-refractivity contribution is 7.13. The first-order chi connectivity index (χ1) is 9.71. The maximum absolute atomic E-state index is 9.38. The summed E-state index contributed by atoms with van der Waals surface area (Å²) in [5.74, 6) is 0.801. The number of aromatic nitrogens is 1. The van der Waals surface area contributed by atoms with E-state index < -0.39 is 0 Å². The van der Waals surface area contributed by atoms with Crippen LogP contribution in [-0.4, -0.2) is 36.5 Å². The molecule has 0 aliphatic carbocycles. The van der Waals surface area contributed by atoms with E-state index in [9.17, 15) is 5.11 Å². The van der Waals surface area contributed by atoms with Crippen molar-refractivity contribution in [2.45, 2.75) is 6.92 Å². The largest absolute Gasteiger partial charge is 0.493 e. The Bertz CT molecular complexity index is 587. The van der Waals surface area contributed by atoms with Gasteiger partial charge in [0.15, 0.2) is 0 Å². The summed E-state index contributed by atoms with van der Waals surface area (Å²) >= 11 is 1.63. The maximum Gasteiger partial charge on any atom is 0.123 e. The third-order valence-electron chi connectivity index (χ3n) is 3.40. The second kappa shape index (κ2) is 5.52. The number of nitrogens with zero attached hydrogens (tertiary/aromatic N) is 1. The van der Waals surface area contributed by atoms with E-state index in [1.165, 1.54) is 0 Å². The van der Waals surface area contributed by atoms with Crippen LogP contribution in [-0.2, 0) is 4.74 Å². The Morgan fingerprint density at radius 2 is 2.30 bits per heavy atom. The lowest BCUT2D eigenvalue weighted by molar-refractivity contribution is -0.153. The summed E-state index contributed by atoms with van der Waals surface area (Å²) in [7, 11) is 0. The van der Waals surface area contributed by atoms with Gasteiger partial charge in [0.25, 0.3) is 0 Å². The summed E-state index contributed by atoms with van der Waals surface area (Å²) in [5.41, 5.74) is 1.86. The number of aryl methyl sites for hydroxylation is 1. The van der Waals surface area contributed by atoms with Gasteiger partial charge in [-0.3, -0.25) is 0 Å². The quantitative estimate of drug-likeness (QED) is 0.919. The molecule has 1 aromatic carbocycles. The van der Waals surface area contributed by atoms with Gasteiger partial charge in [-0.25, -0.2) is 4.98 Å². The van der Waals surface area contributed by atoms with Crippen molar-refractivity contribution in [1.29, 1.82) is 0 Å². The molecule has 1 aromatic heterocycles. The van der Waals surface area contributed by atoms with Crippen LogP contribution >= 0.6 is 11.3 Å². The molecule has 1 N–H and O–H groups in total. The molecule has 0 amide bonds. The molecule has 0 bridgehead atoms. The molecule has 0 atom stereocenters. The first-order valence-electron chi connectivity index (χ1n) is 6.55. The average Bonchev–Trinajstić information content (AvgIpc) is 2.85. The van der Waals surface area contributed by atoms with Gasteiger partial charge >= 0.3 is 0 Å². The van der Waals surface area contributed by atoms with Gasteiger partial charge in [0.1, 0.15) is 17.4 Å². The lowest BCUT2D eigenvalue weighted by Crippen LogP contribution is -2.49. The lowest BCUT2D eigenvalue weighted by Gasteiger charge is -2.39. The standard InChI is InChI=1S/C15H17NO3S/c1-11-6-20-14(16-11)12-3-2-4-13(5-12)19-10-15(7-17)8-18-9-15/h2-6,17H,7-10H2,1H3. The van der Waals surface area contributed by atoms with E-state index in [4.69, 9.17) is 9.47 Å². The van der Waals surface area contributed by atoms with Crippen molar-refractivity contribution in [2.24, 2.45) is 5.41 Å². The summed E-state index contributed by atoms with van der Waals surface area (Å²) in [5, 5.41) is 12.4. The second-order valence-corrected chi connectivity index (χ2v) is 6.12. The van der Waals surface area contributed by atoms with Gasteiger partial charge in [-0.1, -0.05) is 12.1 Å². The Kier molecular flexibility index (Phi) is 3.74. The normalized spacial score (nSPS) is 16.7. The van der Waals surface area contributed by atoms with E-state index >= 15 is 0 Å². The molecule has 5 heteroatoms. The van der Waals surface area contributed by atoms with Crippen molar-refractivity contribution in [1.82, 2.24) is 4.98 Å². The van der Waals surface area contributed by atoms with Gasteiger partial charge in [-0.05, 0) is 19.1 Å². The number of hydrogen-bond acceptors (Lipinski definition) is 5. The summed E-state index contributed by atoms with van der Waals surface area (Å²) in [6.45, 7) is 3.69. The molecule has 1 saturated heterocycles. The zero-order valence-electron chi connectivity index (χ0n) is 11.3. The molecular weight excluding hydrogens is 274 g/mol. The van der Waals surface area contributed by atoms with E-state index in [-0.39, 0.29) is 12.0 Å². The average molecular weight is 291 g/mol. The van der Waals surface area contributed by atoms with E-state index in [1.807, 2.05) is 36.6 Å². The first kappa shape index (κ1) is 13.5. The minimum atomic E-state index is -0.228. The molecule has 0 unspecified atom stereocenters. The third-order valence-corrected chi connectivity index (χ3v) is 4.41. The fraction of sp³-hybridized carbons (Fsp3) is 0.400. The Labute approximate surface area is 122 Å². The van der Waals surface area contributed by atoms with Crippen LogP contribution in [0.2, 0.25) is 0 Å². The SMILES string of the molecule is Cc1csc(-c2cccc(OCC3(CO)COC3)c2)n1. The zero-order valence-corrected chi connectivity index (χ0v) is 12.2. The van der Waals surface area contributed by atoms with Gasteiger partial charge in [0.05, 0.1) is 25.2 Å². The van der Waals surface area contributed by atoms with Gasteiger partial charge in [-0.2, -0.15) is 0 Å². The molecule has 2 aromatic rings. The number of aliphatic hydroxyl groups excluding tert-OH is 1. The number of aliphatic hydroxyl groups is 1. The fourth-order valence-corrected chi connectivity index (χ4v) is 2.85. The van der Waals surface area contributed by atoms with E-state index in [0.717, 1.165) is 22.0 Å². The number of thiazole rings is 1. The summed E-state index contributed by atoms with van der Waals surface area (Å²) in [6.07, 6.45) is 0. The zero-order chi connectivity index (χ0) is 14.0. The van der Waals surface area contributed by atoms with Crippen LogP contribution in [0.4, 0.5) is 0 Å². The van der Waals surface area contributed by atoms with Crippen LogP contribution < -0.4 is 4.74 Å². The lowest BCUT2D eigenvalue weighted by atomic mass is 9.88. The third kappa shape index (κ3) is 2.70. The van der Waals surface area contributed by atoms with Crippen LogP contribution in [0, 0.1) is 12.3 Å². The highest BCUT2D eigenvalue weighted by Crippen LogP contribution is 2.30. The highest BCUT2D eigenvalue weighted by Gasteiger charge is 2.39. The molecule has 20 heavy (non-hydrogen) atoms. The van der Waals surface area contributed by atoms with E-state index in [1.54, 1.807) is 11.3 Å². The van der Waals surface area contributed by atoms with Gasteiger partial charge < -0.3 is 14.6 Å².